The maximum absolute atomic E-state index is 5.75. The molecule has 1 saturated heterocycles. The lowest BCUT2D eigenvalue weighted by Gasteiger charge is -2.28. The second-order valence-corrected chi connectivity index (χ2v) is 9.06. The van der Waals surface area contributed by atoms with Crippen molar-refractivity contribution in [3.05, 3.63) is 69.1 Å². The van der Waals surface area contributed by atoms with Crippen LogP contribution in [0.2, 0.25) is 0 Å². The van der Waals surface area contributed by atoms with Crippen LogP contribution in [0.15, 0.2) is 58.5 Å². The summed E-state index contributed by atoms with van der Waals surface area (Å²) >= 11 is 11.0. The predicted octanol–water partition coefficient (Wildman–Crippen LogP) is 5.10. The highest BCUT2D eigenvalue weighted by Gasteiger charge is 2.42. The number of thiocarbonyl (C=S) groups is 1. The average Bonchev–Trinajstić information content (AvgIpc) is 3.30. The van der Waals surface area contributed by atoms with E-state index in [1.165, 1.54) is 4.88 Å². The van der Waals surface area contributed by atoms with Crippen LogP contribution < -0.4 is 19.7 Å². The lowest BCUT2D eigenvalue weighted by Crippen LogP contribution is -2.29. The fourth-order valence-electron chi connectivity index (χ4n) is 3.37. The zero-order valence-electron chi connectivity index (χ0n) is 15.3. The summed E-state index contributed by atoms with van der Waals surface area (Å²) < 4.78 is 12.1. The Morgan fingerprint density at radius 2 is 2.00 bits per heavy atom. The van der Waals surface area contributed by atoms with Gasteiger partial charge in [0, 0.05) is 17.1 Å². The summed E-state index contributed by atoms with van der Waals surface area (Å²) in [7, 11) is 3.29. The number of pyridine rings is 1. The standard InChI is InChI=1S/C20H18BrN3O2S2/c1-25-12-6-7-14(15(11-12)26-2)24-19(16-8-9-17(21)28-16)18(23-20(24)27)13-5-3-4-10-22-13/h3-11,18-19H,1-2H3,(H,23,27). The maximum Gasteiger partial charge on any atom is 0.174 e. The molecule has 3 heterocycles. The number of nitrogens with one attached hydrogen (secondary N) is 1. The predicted molar refractivity (Wildman–Crippen MR) is 119 cm³/mol. The molecule has 1 aliphatic heterocycles. The molecule has 0 saturated carbocycles. The van der Waals surface area contributed by atoms with Gasteiger partial charge in [-0.2, -0.15) is 0 Å². The van der Waals surface area contributed by atoms with Gasteiger partial charge in [0.15, 0.2) is 5.11 Å². The number of methoxy groups -OCH3 is 2. The van der Waals surface area contributed by atoms with Crippen molar-refractivity contribution in [2.24, 2.45) is 0 Å². The van der Waals surface area contributed by atoms with Gasteiger partial charge in [-0.25, -0.2) is 0 Å². The van der Waals surface area contributed by atoms with E-state index in [2.05, 4.69) is 43.3 Å². The molecule has 8 heteroatoms. The normalized spacial score (nSPS) is 18.8. The number of rotatable bonds is 5. The molecular formula is C20H18BrN3O2S2. The van der Waals surface area contributed by atoms with Crippen molar-refractivity contribution in [3.63, 3.8) is 0 Å². The Morgan fingerprint density at radius 3 is 2.64 bits per heavy atom. The van der Waals surface area contributed by atoms with E-state index < -0.39 is 0 Å². The zero-order valence-corrected chi connectivity index (χ0v) is 18.5. The lowest BCUT2D eigenvalue weighted by atomic mass is 10.0. The summed E-state index contributed by atoms with van der Waals surface area (Å²) in [5.41, 5.74) is 1.82. The van der Waals surface area contributed by atoms with E-state index in [4.69, 9.17) is 21.7 Å². The molecule has 0 spiro atoms. The summed E-state index contributed by atoms with van der Waals surface area (Å²) in [6.07, 6.45) is 1.80. The Hall–Kier alpha value is -2.16. The number of thiophene rings is 1. The van der Waals surface area contributed by atoms with Gasteiger partial charge in [-0.1, -0.05) is 6.07 Å². The largest absolute Gasteiger partial charge is 0.497 e. The molecule has 144 valence electrons. The second kappa shape index (κ2) is 8.06. The molecule has 1 fully saturated rings. The number of hydrogen-bond donors (Lipinski definition) is 1. The molecule has 0 bridgehead atoms. The van der Waals surface area contributed by atoms with Gasteiger partial charge >= 0.3 is 0 Å². The first kappa shape index (κ1) is 19.2. The van der Waals surface area contributed by atoms with Crippen molar-refractivity contribution in [1.29, 1.82) is 0 Å². The minimum atomic E-state index is -0.0777. The number of halogens is 1. The van der Waals surface area contributed by atoms with E-state index in [0.717, 1.165) is 20.9 Å². The fraction of sp³-hybridized carbons (Fsp3) is 0.200. The Morgan fingerprint density at radius 1 is 1.14 bits per heavy atom. The van der Waals surface area contributed by atoms with Crippen LogP contribution in [0.5, 0.6) is 11.5 Å². The topological polar surface area (TPSA) is 46.6 Å². The third kappa shape index (κ3) is 3.47. The quantitative estimate of drug-likeness (QED) is 0.517. The molecule has 1 aliphatic rings. The molecule has 0 radical (unpaired) electrons. The molecule has 0 aliphatic carbocycles. The maximum atomic E-state index is 5.75. The molecule has 0 amide bonds. The smallest absolute Gasteiger partial charge is 0.174 e. The zero-order chi connectivity index (χ0) is 19.7. The van der Waals surface area contributed by atoms with Gasteiger partial charge < -0.3 is 19.7 Å². The first-order valence-corrected chi connectivity index (χ1v) is 10.6. The first-order valence-electron chi connectivity index (χ1n) is 8.60. The number of benzene rings is 1. The van der Waals surface area contributed by atoms with Gasteiger partial charge in [0.2, 0.25) is 0 Å². The molecule has 1 aromatic carbocycles. The number of nitrogens with zero attached hydrogens (tertiary/aromatic N) is 2. The van der Waals surface area contributed by atoms with Gasteiger partial charge in [0.05, 0.1) is 41.5 Å². The molecule has 28 heavy (non-hydrogen) atoms. The first-order chi connectivity index (χ1) is 13.6. The van der Waals surface area contributed by atoms with E-state index in [1.54, 1.807) is 31.8 Å². The summed E-state index contributed by atoms with van der Waals surface area (Å²) in [5.74, 6) is 1.43. The molecule has 2 unspecified atom stereocenters. The van der Waals surface area contributed by atoms with Crippen LogP contribution in [-0.4, -0.2) is 24.3 Å². The van der Waals surface area contributed by atoms with Crippen LogP contribution in [-0.2, 0) is 0 Å². The van der Waals surface area contributed by atoms with E-state index in [9.17, 15) is 0 Å². The highest BCUT2D eigenvalue weighted by atomic mass is 79.9. The van der Waals surface area contributed by atoms with E-state index in [1.807, 2.05) is 36.4 Å². The molecule has 4 rings (SSSR count). The minimum absolute atomic E-state index is 0.0546. The van der Waals surface area contributed by atoms with E-state index in [-0.39, 0.29) is 12.1 Å². The third-order valence-corrected chi connectivity index (χ3v) is 6.64. The van der Waals surface area contributed by atoms with Crippen molar-refractivity contribution in [3.8, 4) is 11.5 Å². The van der Waals surface area contributed by atoms with Crippen LogP contribution >= 0.6 is 39.5 Å². The highest BCUT2D eigenvalue weighted by Crippen LogP contribution is 2.47. The summed E-state index contributed by atoms with van der Waals surface area (Å²) in [6.45, 7) is 0. The minimum Gasteiger partial charge on any atom is -0.497 e. The molecule has 3 aromatic rings. The Kier molecular flexibility index (Phi) is 5.52. The van der Waals surface area contributed by atoms with Gasteiger partial charge in [0.1, 0.15) is 11.5 Å². The van der Waals surface area contributed by atoms with Crippen LogP contribution in [0.4, 0.5) is 5.69 Å². The summed E-state index contributed by atoms with van der Waals surface area (Å²) in [4.78, 5) is 7.84. The SMILES string of the molecule is COc1ccc(N2C(=S)NC(c3ccccn3)C2c2ccc(Br)s2)c(OC)c1. The summed E-state index contributed by atoms with van der Waals surface area (Å²) in [6, 6.07) is 15.7. The monoisotopic (exact) mass is 475 g/mol. The van der Waals surface area contributed by atoms with E-state index in [0.29, 0.717) is 10.9 Å². The lowest BCUT2D eigenvalue weighted by molar-refractivity contribution is 0.394. The Balaban J connectivity index is 1.84. The Labute approximate surface area is 181 Å². The second-order valence-electron chi connectivity index (χ2n) is 6.18. The van der Waals surface area contributed by atoms with Crippen molar-refractivity contribution in [2.75, 3.05) is 19.1 Å². The number of ether oxygens (including phenoxy) is 2. The highest BCUT2D eigenvalue weighted by molar-refractivity contribution is 9.11. The molecule has 2 aromatic heterocycles. The van der Waals surface area contributed by atoms with Crippen molar-refractivity contribution in [2.45, 2.75) is 12.1 Å². The summed E-state index contributed by atoms with van der Waals surface area (Å²) in [5, 5.41) is 4.09. The number of aromatic nitrogens is 1. The number of hydrogen-bond acceptors (Lipinski definition) is 5. The molecular weight excluding hydrogens is 458 g/mol. The molecule has 2 atom stereocenters. The van der Waals surface area contributed by atoms with Gasteiger partial charge in [-0.15, -0.1) is 11.3 Å². The van der Waals surface area contributed by atoms with Gasteiger partial charge in [0.25, 0.3) is 0 Å². The third-order valence-electron chi connectivity index (χ3n) is 4.63. The van der Waals surface area contributed by atoms with Crippen molar-refractivity contribution < 1.29 is 9.47 Å². The number of anilines is 1. The Bertz CT molecular complexity index is 996. The van der Waals surface area contributed by atoms with Crippen LogP contribution in [0.1, 0.15) is 22.7 Å². The molecule has 5 nitrogen and oxygen atoms in total. The average molecular weight is 476 g/mol. The van der Waals surface area contributed by atoms with Crippen molar-refractivity contribution in [1.82, 2.24) is 10.3 Å². The van der Waals surface area contributed by atoms with Crippen molar-refractivity contribution >= 4 is 50.3 Å². The van der Waals surface area contributed by atoms with Gasteiger partial charge in [-0.05, 0) is 64.5 Å². The molecule has 1 N–H and O–H groups in total. The van der Waals surface area contributed by atoms with Gasteiger partial charge in [-0.3, -0.25) is 4.98 Å². The van der Waals surface area contributed by atoms with Crippen LogP contribution in [0.3, 0.4) is 0 Å². The van der Waals surface area contributed by atoms with Crippen LogP contribution in [0.25, 0.3) is 0 Å². The van der Waals surface area contributed by atoms with E-state index >= 15 is 0 Å². The van der Waals surface area contributed by atoms with Crippen LogP contribution in [0, 0.1) is 0 Å². The fourth-order valence-corrected chi connectivity index (χ4v) is 5.27.